The van der Waals surface area contributed by atoms with Gasteiger partial charge in [-0.1, -0.05) is 29.8 Å². The van der Waals surface area contributed by atoms with Gasteiger partial charge in [0.1, 0.15) is 11.6 Å². The van der Waals surface area contributed by atoms with E-state index in [2.05, 4.69) is 4.98 Å². The Bertz CT molecular complexity index is 1160. The number of aliphatic hydroxyl groups excluding tert-OH is 1. The van der Waals surface area contributed by atoms with Crippen LogP contribution in [0.1, 0.15) is 33.3 Å². The second-order valence-corrected chi connectivity index (χ2v) is 8.41. The average molecular weight is 422 g/mol. The summed E-state index contributed by atoms with van der Waals surface area (Å²) in [6.45, 7) is 5.67. The number of benzene rings is 2. The Morgan fingerprint density at radius 1 is 1.03 bits per heavy atom. The van der Waals surface area contributed by atoms with Crippen molar-refractivity contribution >= 4 is 33.9 Å². The third-order valence-corrected chi connectivity index (χ3v) is 6.25. The van der Waals surface area contributed by atoms with Crippen molar-refractivity contribution in [2.75, 3.05) is 4.90 Å². The number of aromatic nitrogens is 1. The Labute approximate surface area is 177 Å². The normalized spacial score (nSPS) is 18.3. The Morgan fingerprint density at radius 3 is 2.23 bits per heavy atom. The van der Waals surface area contributed by atoms with Gasteiger partial charge in [0.2, 0.25) is 0 Å². The van der Waals surface area contributed by atoms with Gasteiger partial charge in [0.15, 0.2) is 5.13 Å². The van der Waals surface area contributed by atoms with Crippen LogP contribution in [-0.4, -0.2) is 21.8 Å². The van der Waals surface area contributed by atoms with Gasteiger partial charge in [-0.25, -0.2) is 9.37 Å². The summed E-state index contributed by atoms with van der Waals surface area (Å²) < 4.78 is 13.3. The van der Waals surface area contributed by atoms with Crippen molar-refractivity contribution in [1.82, 2.24) is 4.98 Å². The molecule has 1 amide bonds. The molecule has 0 spiro atoms. The van der Waals surface area contributed by atoms with Gasteiger partial charge in [-0.3, -0.25) is 14.5 Å². The van der Waals surface area contributed by atoms with Crippen molar-refractivity contribution in [3.05, 3.63) is 87.2 Å². The zero-order chi connectivity index (χ0) is 21.6. The number of Topliss-reactive ketones (excluding diaryl/α,β-unsaturated/α-hetero) is 1. The average Bonchev–Trinajstić information content (AvgIpc) is 3.18. The number of rotatable bonds is 3. The van der Waals surface area contributed by atoms with Crippen LogP contribution < -0.4 is 4.90 Å². The summed E-state index contributed by atoms with van der Waals surface area (Å²) in [6, 6.07) is 11.7. The third-order valence-electron chi connectivity index (χ3n) is 5.18. The quantitative estimate of drug-likeness (QED) is 0.373. The molecule has 0 aliphatic carbocycles. The number of hydrogen-bond acceptors (Lipinski definition) is 5. The Hall–Kier alpha value is -3.32. The largest absolute Gasteiger partial charge is 0.507 e. The first-order valence-corrected chi connectivity index (χ1v) is 10.2. The molecule has 152 valence electrons. The molecule has 1 atom stereocenters. The van der Waals surface area contributed by atoms with Crippen LogP contribution in [0.3, 0.4) is 0 Å². The van der Waals surface area contributed by atoms with E-state index in [0.717, 1.165) is 16.1 Å². The maximum absolute atomic E-state index is 13.3. The van der Waals surface area contributed by atoms with Gasteiger partial charge < -0.3 is 5.11 Å². The Balaban J connectivity index is 1.94. The molecule has 0 radical (unpaired) electrons. The minimum Gasteiger partial charge on any atom is -0.507 e. The molecule has 0 unspecified atom stereocenters. The molecule has 2 aromatic carbocycles. The first-order chi connectivity index (χ1) is 14.3. The first-order valence-electron chi connectivity index (χ1n) is 9.35. The predicted octanol–water partition coefficient (Wildman–Crippen LogP) is 4.83. The smallest absolute Gasteiger partial charge is 0.301 e. The predicted molar refractivity (Wildman–Crippen MR) is 114 cm³/mol. The van der Waals surface area contributed by atoms with E-state index in [0.29, 0.717) is 10.7 Å². The van der Waals surface area contributed by atoms with Gasteiger partial charge in [0.25, 0.3) is 5.78 Å². The molecule has 1 aliphatic rings. The van der Waals surface area contributed by atoms with E-state index in [1.54, 1.807) is 0 Å². The number of nitrogens with zero attached hydrogens (tertiary/aromatic N) is 2. The SMILES string of the molecule is Cc1ccc([C@H]2C(=C(O)c3ccc(F)cc3)C(=O)C(=O)N2c2nc(C)c(C)s2)cc1. The van der Waals surface area contributed by atoms with Gasteiger partial charge >= 0.3 is 5.91 Å². The number of amides is 1. The summed E-state index contributed by atoms with van der Waals surface area (Å²) in [4.78, 5) is 32.8. The first kappa shape index (κ1) is 20.0. The second-order valence-electron chi connectivity index (χ2n) is 7.22. The number of hydrogen-bond donors (Lipinski definition) is 1. The summed E-state index contributed by atoms with van der Waals surface area (Å²) in [5.74, 6) is -2.35. The zero-order valence-corrected chi connectivity index (χ0v) is 17.5. The van der Waals surface area contributed by atoms with Gasteiger partial charge in [-0.15, -0.1) is 11.3 Å². The lowest BCUT2D eigenvalue weighted by molar-refractivity contribution is -0.132. The topological polar surface area (TPSA) is 70.5 Å². The van der Waals surface area contributed by atoms with Crippen molar-refractivity contribution in [2.24, 2.45) is 0 Å². The van der Waals surface area contributed by atoms with Crippen molar-refractivity contribution in [2.45, 2.75) is 26.8 Å². The number of halogens is 1. The molecule has 0 saturated carbocycles. The highest BCUT2D eigenvalue weighted by Gasteiger charge is 2.48. The van der Waals surface area contributed by atoms with E-state index in [4.69, 9.17) is 0 Å². The van der Waals surface area contributed by atoms with Gasteiger partial charge in [-0.05, 0) is 50.6 Å². The van der Waals surface area contributed by atoms with Gasteiger partial charge in [0, 0.05) is 10.4 Å². The fourth-order valence-electron chi connectivity index (χ4n) is 3.42. The molecule has 1 saturated heterocycles. The van der Waals surface area contributed by atoms with Crippen molar-refractivity contribution < 1.29 is 19.1 Å². The van der Waals surface area contributed by atoms with Crippen LogP contribution in [0.2, 0.25) is 0 Å². The van der Waals surface area contributed by atoms with Crippen molar-refractivity contribution in [1.29, 1.82) is 0 Å². The summed E-state index contributed by atoms with van der Waals surface area (Å²) in [5.41, 5.74) is 2.70. The maximum atomic E-state index is 13.3. The number of ketones is 1. The van der Waals surface area contributed by atoms with E-state index in [1.165, 1.54) is 40.5 Å². The maximum Gasteiger partial charge on any atom is 0.301 e. The molecule has 1 fully saturated rings. The molecule has 4 rings (SSSR count). The van der Waals surface area contributed by atoms with Crippen LogP contribution in [0.4, 0.5) is 9.52 Å². The van der Waals surface area contributed by atoms with Crippen LogP contribution in [0.25, 0.3) is 5.76 Å². The number of carbonyl (C=O) groups excluding carboxylic acids is 2. The number of aliphatic hydroxyl groups is 1. The molecule has 0 bridgehead atoms. The van der Waals surface area contributed by atoms with Crippen LogP contribution in [0, 0.1) is 26.6 Å². The number of carbonyl (C=O) groups is 2. The summed E-state index contributed by atoms with van der Waals surface area (Å²) >= 11 is 1.32. The molecule has 30 heavy (non-hydrogen) atoms. The van der Waals surface area contributed by atoms with Crippen LogP contribution >= 0.6 is 11.3 Å². The lowest BCUT2D eigenvalue weighted by Crippen LogP contribution is -2.29. The van der Waals surface area contributed by atoms with E-state index in [9.17, 15) is 19.1 Å². The lowest BCUT2D eigenvalue weighted by atomic mass is 9.95. The van der Waals surface area contributed by atoms with Crippen LogP contribution in [0.15, 0.2) is 54.1 Å². The number of anilines is 1. The van der Waals surface area contributed by atoms with Crippen LogP contribution in [-0.2, 0) is 9.59 Å². The minimum absolute atomic E-state index is 0.0408. The van der Waals surface area contributed by atoms with E-state index < -0.39 is 23.5 Å². The summed E-state index contributed by atoms with van der Waals surface area (Å²) in [7, 11) is 0. The Kier molecular flexibility index (Phi) is 4.99. The fourth-order valence-corrected chi connectivity index (χ4v) is 4.35. The second kappa shape index (κ2) is 7.50. The molecular weight excluding hydrogens is 403 g/mol. The van der Waals surface area contributed by atoms with Gasteiger partial charge in [-0.2, -0.15) is 0 Å². The highest BCUT2D eigenvalue weighted by atomic mass is 32.1. The molecule has 1 aromatic heterocycles. The highest BCUT2D eigenvalue weighted by Crippen LogP contribution is 2.43. The third kappa shape index (κ3) is 3.31. The monoisotopic (exact) mass is 422 g/mol. The van der Waals surface area contributed by atoms with Gasteiger partial charge in [0.05, 0.1) is 17.3 Å². The molecule has 3 aromatic rings. The molecule has 7 heteroatoms. The fraction of sp³-hybridized carbons (Fsp3) is 0.174. The van der Waals surface area contributed by atoms with Crippen molar-refractivity contribution in [3.8, 4) is 0 Å². The molecular formula is C23H19FN2O3S. The standard InChI is InChI=1S/C23H19FN2O3S/c1-12-4-6-15(7-5-12)19-18(20(27)16-8-10-17(24)11-9-16)21(28)22(29)26(19)23-25-13(2)14(3)30-23/h4-11,19,27H,1-3H3/t19-/m0/s1. The van der Waals surface area contributed by atoms with Crippen LogP contribution in [0.5, 0.6) is 0 Å². The zero-order valence-electron chi connectivity index (χ0n) is 16.6. The molecule has 1 N–H and O–H groups in total. The number of aryl methyl sites for hydroxylation is 3. The summed E-state index contributed by atoms with van der Waals surface area (Å²) in [6.07, 6.45) is 0. The highest BCUT2D eigenvalue weighted by molar-refractivity contribution is 7.16. The van der Waals surface area contributed by atoms with Crippen molar-refractivity contribution in [3.63, 3.8) is 0 Å². The lowest BCUT2D eigenvalue weighted by Gasteiger charge is -2.23. The molecule has 5 nitrogen and oxygen atoms in total. The van der Waals surface area contributed by atoms with E-state index >= 15 is 0 Å². The summed E-state index contributed by atoms with van der Waals surface area (Å²) in [5, 5.41) is 11.3. The Morgan fingerprint density at radius 2 is 1.67 bits per heavy atom. The molecule has 2 heterocycles. The van der Waals surface area contributed by atoms with E-state index in [1.807, 2.05) is 45.0 Å². The number of thiazole rings is 1. The van der Waals surface area contributed by atoms with E-state index in [-0.39, 0.29) is 16.9 Å². The minimum atomic E-state index is -0.833. The molecule has 1 aliphatic heterocycles.